The first-order valence-electron chi connectivity index (χ1n) is 4.75. The van der Waals surface area contributed by atoms with Crippen LogP contribution in [0.25, 0.3) is 0 Å². The first-order valence-corrected chi connectivity index (χ1v) is 5.13. The molecule has 1 aromatic carbocycles. The zero-order valence-corrected chi connectivity index (χ0v) is 9.64. The fourth-order valence-electron chi connectivity index (χ4n) is 1.61. The SMILES string of the molecule is CC(C)(F)c1c(Cl)cccc1CCON. The van der Waals surface area contributed by atoms with Gasteiger partial charge in [0.25, 0.3) is 0 Å². The minimum Gasteiger partial charge on any atom is -0.304 e. The molecule has 1 rings (SSSR count). The molecule has 0 aliphatic carbocycles. The Balaban J connectivity index is 3.09. The zero-order valence-electron chi connectivity index (χ0n) is 8.89. The molecule has 2 N–H and O–H groups in total. The normalized spacial score (nSPS) is 11.8. The summed E-state index contributed by atoms with van der Waals surface area (Å²) in [5, 5.41) is 0.442. The molecule has 0 atom stereocenters. The Labute approximate surface area is 94.1 Å². The molecular weight excluding hydrogens is 217 g/mol. The lowest BCUT2D eigenvalue weighted by molar-refractivity contribution is 0.140. The smallest absolute Gasteiger partial charge is 0.132 e. The van der Waals surface area contributed by atoms with Crippen LogP contribution in [0.1, 0.15) is 25.0 Å². The molecule has 0 aromatic heterocycles. The molecule has 0 aliphatic rings. The maximum Gasteiger partial charge on any atom is 0.132 e. The van der Waals surface area contributed by atoms with Gasteiger partial charge in [0.1, 0.15) is 5.67 Å². The van der Waals surface area contributed by atoms with Crippen molar-refractivity contribution in [1.29, 1.82) is 0 Å². The number of alkyl halides is 1. The topological polar surface area (TPSA) is 35.2 Å². The van der Waals surface area contributed by atoms with Gasteiger partial charge in [0.15, 0.2) is 0 Å². The van der Waals surface area contributed by atoms with E-state index in [1.54, 1.807) is 12.1 Å². The van der Waals surface area contributed by atoms with E-state index in [4.69, 9.17) is 17.5 Å². The van der Waals surface area contributed by atoms with Gasteiger partial charge in [0.2, 0.25) is 0 Å². The summed E-state index contributed by atoms with van der Waals surface area (Å²) in [6.07, 6.45) is 0.555. The standard InChI is InChI=1S/C11H15ClFNO/c1-11(2,13)10-8(6-7-15-14)4-3-5-9(10)12/h3-5H,6-7,14H2,1-2H3. The molecule has 0 amide bonds. The maximum atomic E-state index is 13.9. The molecule has 84 valence electrons. The Morgan fingerprint density at radius 3 is 2.67 bits per heavy atom. The Morgan fingerprint density at radius 2 is 2.13 bits per heavy atom. The summed E-state index contributed by atoms with van der Waals surface area (Å²) in [6.45, 7) is 3.32. The average molecular weight is 232 g/mol. The van der Waals surface area contributed by atoms with Crippen LogP contribution in [0.2, 0.25) is 5.02 Å². The highest BCUT2D eigenvalue weighted by molar-refractivity contribution is 6.31. The van der Waals surface area contributed by atoms with Crippen LogP contribution in [-0.4, -0.2) is 6.61 Å². The van der Waals surface area contributed by atoms with Crippen LogP contribution in [0.4, 0.5) is 4.39 Å². The molecule has 4 heteroatoms. The minimum atomic E-state index is -1.46. The number of rotatable bonds is 4. The fourth-order valence-corrected chi connectivity index (χ4v) is 2.03. The minimum absolute atomic E-state index is 0.351. The highest BCUT2D eigenvalue weighted by Gasteiger charge is 2.24. The van der Waals surface area contributed by atoms with E-state index in [9.17, 15) is 4.39 Å². The summed E-state index contributed by atoms with van der Waals surface area (Å²) in [4.78, 5) is 4.49. The van der Waals surface area contributed by atoms with Crippen LogP contribution >= 0.6 is 11.6 Å². The van der Waals surface area contributed by atoms with Crippen molar-refractivity contribution in [2.45, 2.75) is 25.9 Å². The van der Waals surface area contributed by atoms with Crippen molar-refractivity contribution in [1.82, 2.24) is 0 Å². The molecular formula is C11H15ClFNO. The third-order valence-electron chi connectivity index (χ3n) is 2.18. The van der Waals surface area contributed by atoms with Crippen molar-refractivity contribution < 1.29 is 9.23 Å². The van der Waals surface area contributed by atoms with E-state index in [1.807, 2.05) is 6.07 Å². The van der Waals surface area contributed by atoms with Crippen molar-refractivity contribution >= 4 is 11.6 Å². The second-order valence-electron chi connectivity index (χ2n) is 3.87. The van der Waals surface area contributed by atoms with Crippen LogP contribution in [-0.2, 0) is 16.9 Å². The van der Waals surface area contributed by atoms with E-state index in [0.717, 1.165) is 5.56 Å². The Morgan fingerprint density at radius 1 is 1.47 bits per heavy atom. The van der Waals surface area contributed by atoms with E-state index in [1.165, 1.54) is 13.8 Å². The molecule has 0 unspecified atom stereocenters. The molecule has 0 bridgehead atoms. The zero-order chi connectivity index (χ0) is 11.5. The third kappa shape index (κ3) is 3.16. The highest BCUT2D eigenvalue weighted by atomic mass is 35.5. The summed E-state index contributed by atoms with van der Waals surface area (Å²) in [6, 6.07) is 5.32. The van der Waals surface area contributed by atoms with E-state index >= 15 is 0 Å². The number of nitrogens with two attached hydrogens (primary N) is 1. The van der Waals surface area contributed by atoms with Gasteiger partial charge in [-0.3, -0.25) is 0 Å². The van der Waals surface area contributed by atoms with Crippen molar-refractivity contribution in [3.8, 4) is 0 Å². The lowest BCUT2D eigenvalue weighted by Crippen LogP contribution is -2.15. The van der Waals surface area contributed by atoms with E-state index < -0.39 is 5.67 Å². The maximum absolute atomic E-state index is 13.9. The van der Waals surface area contributed by atoms with Gasteiger partial charge in [-0.05, 0) is 31.9 Å². The summed E-state index contributed by atoms with van der Waals surface area (Å²) in [5.41, 5.74) is -0.105. The van der Waals surface area contributed by atoms with Gasteiger partial charge in [-0.2, -0.15) is 0 Å². The van der Waals surface area contributed by atoms with Gasteiger partial charge in [0, 0.05) is 10.6 Å². The molecule has 0 heterocycles. The predicted octanol–water partition coefficient (Wildman–Crippen LogP) is 2.98. The lowest BCUT2D eigenvalue weighted by Gasteiger charge is -2.20. The monoisotopic (exact) mass is 231 g/mol. The van der Waals surface area contributed by atoms with Gasteiger partial charge >= 0.3 is 0 Å². The fraction of sp³-hybridized carbons (Fsp3) is 0.455. The Hall–Kier alpha value is -0.640. The largest absolute Gasteiger partial charge is 0.304 e. The van der Waals surface area contributed by atoms with Gasteiger partial charge < -0.3 is 4.84 Å². The van der Waals surface area contributed by atoms with Gasteiger partial charge in [0.05, 0.1) is 6.61 Å². The third-order valence-corrected chi connectivity index (χ3v) is 2.50. The van der Waals surface area contributed by atoms with Crippen molar-refractivity contribution in [2.75, 3.05) is 6.61 Å². The number of halogens is 2. The summed E-state index contributed by atoms with van der Waals surface area (Å²) in [5.74, 6) is 4.95. The lowest BCUT2D eigenvalue weighted by atomic mass is 9.93. The molecule has 1 aromatic rings. The molecule has 0 radical (unpaired) electrons. The molecule has 0 aliphatic heterocycles. The first kappa shape index (κ1) is 12.4. The van der Waals surface area contributed by atoms with Crippen molar-refractivity contribution in [2.24, 2.45) is 5.90 Å². The van der Waals surface area contributed by atoms with Crippen LogP contribution in [0.5, 0.6) is 0 Å². The first-order chi connectivity index (χ1) is 6.96. The van der Waals surface area contributed by atoms with Crippen LogP contribution in [0, 0.1) is 0 Å². The van der Waals surface area contributed by atoms with Crippen molar-refractivity contribution in [3.05, 3.63) is 34.3 Å². The van der Waals surface area contributed by atoms with Crippen molar-refractivity contribution in [3.63, 3.8) is 0 Å². The average Bonchev–Trinajstić information content (AvgIpc) is 2.12. The molecule has 0 fully saturated rings. The Kier molecular flexibility index (Phi) is 4.08. The van der Waals surface area contributed by atoms with Gasteiger partial charge in [-0.25, -0.2) is 10.3 Å². The summed E-state index contributed by atoms with van der Waals surface area (Å²) >= 11 is 5.98. The predicted molar refractivity (Wildman–Crippen MR) is 59.4 cm³/mol. The van der Waals surface area contributed by atoms with E-state index in [2.05, 4.69) is 4.84 Å². The number of hydrogen-bond donors (Lipinski definition) is 1. The van der Waals surface area contributed by atoms with Gasteiger partial charge in [-0.15, -0.1) is 0 Å². The van der Waals surface area contributed by atoms with Gasteiger partial charge in [-0.1, -0.05) is 23.7 Å². The summed E-state index contributed by atoms with van der Waals surface area (Å²) in [7, 11) is 0. The Bertz CT molecular complexity index is 336. The van der Waals surface area contributed by atoms with E-state index in [0.29, 0.717) is 23.6 Å². The second kappa shape index (κ2) is 4.92. The quantitative estimate of drug-likeness (QED) is 0.809. The van der Waals surface area contributed by atoms with Crippen LogP contribution in [0.15, 0.2) is 18.2 Å². The number of hydrogen-bond acceptors (Lipinski definition) is 2. The van der Waals surface area contributed by atoms with E-state index in [-0.39, 0.29) is 0 Å². The molecule has 0 saturated heterocycles. The highest BCUT2D eigenvalue weighted by Crippen LogP contribution is 2.34. The second-order valence-corrected chi connectivity index (χ2v) is 4.27. The summed E-state index contributed by atoms with van der Waals surface area (Å²) < 4.78 is 13.9. The molecule has 0 spiro atoms. The molecule has 0 saturated carbocycles. The van der Waals surface area contributed by atoms with Crippen LogP contribution in [0.3, 0.4) is 0 Å². The van der Waals surface area contributed by atoms with Crippen LogP contribution < -0.4 is 5.90 Å². The number of benzene rings is 1. The molecule has 15 heavy (non-hydrogen) atoms. The molecule has 2 nitrogen and oxygen atoms in total.